The summed E-state index contributed by atoms with van der Waals surface area (Å²) in [4.78, 5) is 77.6. The van der Waals surface area contributed by atoms with Crippen molar-refractivity contribution in [2.45, 2.75) is 239 Å². The number of carbonyl (C=O) groups excluding carboxylic acids is 1. The van der Waals surface area contributed by atoms with E-state index in [-0.39, 0.29) is 47.2 Å². The summed E-state index contributed by atoms with van der Waals surface area (Å²) >= 11 is 6.04. The molecule has 0 aliphatic carbocycles. The first-order valence-electron chi connectivity index (χ1n) is 33.4. The largest absolute Gasteiger partial charge is 0.460 e. The van der Waals surface area contributed by atoms with E-state index in [4.69, 9.17) is 32.6 Å². The van der Waals surface area contributed by atoms with Crippen LogP contribution < -0.4 is 26.4 Å². The van der Waals surface area contributed by atoms with E-state index in [2.05, 4.69) is 171 Å². The molecule has 0 unspecified atom stereocenters. The summed E-state index contributed by atoms with van der Waals surface area (Å²) in [6.45, 7) is 50.1. The standard InChI is InChI=1S/C12H18ClN3O.C11H16N4.C10H12N4O.C8H13N3.4C8H12N2/c1-8(2)11-10(13)7-15-12(16-11)17-9-3-5-14-6-4-9;1-7(2)10-13-6-9(5-12)11(15-10)14-8(3)4;1-6(2)9-12-5-8(4-11)10(14-9)13-7(3)15;1-5(2)8-10-4-6(3)7(9)11-8;4*1-6(2)8-9-4-7(3)5-10-8/h7-9,14H,3-6H2,1-2H3;6-8H,1-4H3,(H,13,14,15);5-6H,1-3H3,(H,12,13,14,15);4-5H,1-3H3,(H2,9,10,11);4*4-6H,1-3H3. The van der Waals surface area contributed by atoms with Gasteiger partial charge in [0.1, 0.15) is 81.8 Å². The van der Waals surface area contributed by atoms with Crippen LogP contribution >= 0.6 is 11.6 Å². The number of aromatic nitrogens is 16. The molecule has 1 saturated heterocycles. The predicted octanol–water partition coefficient (Wildman–Crippen LogP) is 15.2. The number of carbonyl (C=O) groups is 1. The molecule has 1 aliphatic heterocycles. The van der Waals surface area contributed by atoms with E-state index in [1.54, 1.807) is 18.6 Å². The number of nitriles is 2. The minimum absolute atomic E-state index is 0.158. The Kier molecular flexibility index (Phi) is 38.6. The second-order valence-corrected chi connectivity index (χ2v) is 26.6. The van der Waals surface area contributed by atoms with Crippen LogP contribution in [0.4, 0.5) is 17.5 Å². The molecule has 25 heteroatoms. The number of ether oxygens (including phenoxy) is 1. The molecule has 1 amide bonds. The van der Waals surface area contributed by atoms with E-state index in [0.29, 0.717) is 63.6 Å². The molecule has 0 aromatic carbocycles. The van der Waals surface area contributed by atoms with Gasteiger partial charge in [-0.25, -0.2) is 74.8 Å². The Morgan fingerprint density at radius 2 is 0.796 bits per heavy atom. The Labute approximate surface area is 588 Å². The maximum Gasteiger partial charge on any atom is 0.316 e. The lowest BCUT2D eigenvalue weighted by Gasteiger charge is -2.23. The van der Waals surface area contributed by atoms with Gasteiger partial charge in [0.2, 0.25) is 5.91 Å². The summed E-state index contributed by atoms with van der Waals surface area (Å²) in [6.07, 6.45) is 23.4. The van der Waals surface area contributed by atoms with Crippen molar-refractivity contribution in [1.82, 2.24) is 85.1 Å². The highest BCUT2D eigenvalue weighted by atomic mass is 35.5. The molecule has 0 bridgehead atoms. The van der Waals surface area contributed by atoms with Crippen LogP contribution in [0, 0.1) is 57.3 Å². The number of piperidine rings is 1. The fourth-order valence-electron chi connectivity index (χ4n) is 7.59. The number of hydrogen-bond acceptors (Lipinski definition) is 23. The zero-order valence-corrected chi connectivity index (χ0v) is 63.1. The average Bonchev–Trinajstić information content (AvgIpc) is 0.880. The molecule has 0 radical (unpaired) electrons. The number of nitrogens with zero attached hydrogens (tertiary/aromatic N) is 18. The predicted molar refractivity (Wildman–Crippen MR) is 391 cm³/mol. The van der Waals surface area contributed by atoms with Crippen molar-refractivity contribution in [3.05, 3.63) is 165 Å². The molecule has 528 valence electrons. The molecule has 24 nitrogen and oxygen atoms in total. The van der Waals surface area contributed by atoms with Crippen LogP contribution in [-0.2, 0) is 4.79 Å². The van der Waals surface area contributed by atoms with E-state index in [1.165, 1.54) is 13.1 Å². The quantitative estimate of drug-likeness (QED) is 0.0833. The first kappa shape index (κ1) is 84.8. The Morgan fingerprint density at radius 1 is 0.469 bits per heavy atom. The molecule has 9 heterocycles. The van der Waals surface area contributed by atoms with E-state index >= 15 is 0 Å². The van der Waals surface area contributed by atoms with Gasteiger partial charge in [-0.2, -0.15) is 15.5 Å². The first-order chi connectivity index (χ1) is 46.1. The molecule has 0 atom stereocenters. The fourth-order valence-corrected chi connectivity index (χ4v) is 7.90. The molecular weight excluding hydrogens is 1250 g/mol. The van der Waals surface area contributed by atoms with Crippen LogP contribution in [-0.4, -0.2) is 111 Å². The number of anilines is 3. The number of hydrogen-bond donors (Lipinski definition) is 4. The molecule has 8 aromatic heterocycles. The Hall–Kier alpha value is -9.26. The molecule has 9 rings (SSSR count). The van der Waals surface area contributed by atoms with Crippen molar-refractivity contribution in [2.75, 3.05) is 29.5 Å². The summed E-state index contributed by atoms with van der Waals surface area (Å²) in [5.74, 6) is 9.89. The lowest BCUT2D eigenvalue weighted by molar-refractivity contribution is -0.114. The minimum Gasteiger partial charge on any atom is -0.460 e. The van der Waals surface area contributed by atoms with Crippen LogP contribution in [0.2, 0.25) is 5.02 Å². The number of nitrogen functional groups attached to an aromatic ring is 1. The Balaban J connectivity index is 0.000000384. The van der Waals surface area contributed by atoms with Crippen molar-refractivity contribution in [1.29, 1.82) is 10.5 Å². The highest BCUT2D eigenvalue weighted by Gasteiger charge is 2.18. The molecule has 1 aliphatic rings. The van der Waals surface area contributed by atoms with Crippen molar-refractivity contribution < 1.29 is 9.53 Å². The third-order valence-corrected chi connectivity index (χ3v) is 13.6. The third kappa shape index (κ3) is 33.1. The number of halogens is 1. The molecule has 5 N–H and O–H groups in total. The molecule has 1 fully saturated rings. The molecule has 8 aromatic rings. The van der Waals surface area contributed by atoms with Gasteiger partial charge in [-0.15, -0.1) is 0 Å². The maximum absolute atomic E-state index is 10.9. The highest BCUT2D eigenvalue weighted by Crippen LogP contribution is 2.24. The normalized spacial score (nSPS) is 11.6. The first-order valence-corrected chi connectivity index (χ1v) is 33.7. The van der Waals surface area contributed by atoms with Gasteiger partial charge in [0, 0.05) is 116 Å². The highest BCUT2D eigenvalue weighted by molar-refractivity contribution is 6.31. The Morgan fingerprint density at radius 3 is 1.11 bits per heavy atom. The number of nitrogens with one attached hydrogen (secondary N) is 3. The number of rotatable bonds is 13. The second-order valence-electron chi connectivity index (χ2n) is 26.1. The molecular formula is C73H107ClN22O2. The number of aryl methyl sites for hydroxylation is 5. The van der Waals surface area contributed by atoms with Crippen LogP contribution in [0.1, 0.15) is 277 Å². The van der Waals surface area contributed by atoms with E-state index in [1.807, 2.05) is 146 Å². The summed E-state index contributed by atoms with van der Waals surface area (Å²) in [6, 6.07) is 4.71. The van der Waals surface area contributed by atoms with Gasteiger partial charge in [-0.1, -0.05) is 122 Å². The van der Waals surface area contributed by atoms with Crippen molar-refractivity contribution in [3.63, 3.8) is 0 Å². The van der Waals surface area contributed by atoms with Gasteiger partial charge in [0.15, 0.2) is 5.82 Å². The lowest BCUT2D eigenvalue weighted by atomic mass is 10.1. The average molecular weight is 1360 g/mol. The van der Waals surface area contributed by atoms with Gasteiger partial charge in [0.25, 0.3) is 0 Å². The summed E-state index contributed by atoms with van der Waals surface area (Å²) < 4.78 is 5.78. The number of amides is 1. The molecule has 0 spiro atoms. The monoisotopic (exact) mass is 1360 g/mol. The number of nitrogens with two attached hydrogens (primary N) is 1. The van der Waals surface area contributed by atoms with Gasteiger partial charge in [0.05, 0.1) is 29.3 Å². The second kappa shape index (κ2) is 44.5. The minimum atomic E-state index is -0.250. The summed E-state index contributed by atoms with van der Waals surface area (Å²) in [7, 11) is 0. The SMILES string of the molecule is CC(=O)Nc1nc(C(C)C)ncc1C#N.CC(C)Nc1nc(C(C)C)ncc1C#N.CC(C)c1nc(OC2CCNCC2)ncc1Cl.Cc1cnc(C(C)C)nc1.Cc1cnc(C(C)C)nc1.Cc1cnc(C(C)C)nc1.Cc1cnc(C(C)C)nc1.Cc1cnc(C(C)C)nc1N. The fraction of sp³-hybridized carbons (Fsp3) is 0.521. The molecule has 98 heavy (non-hydrogen) atoms. The topological polar surface area (TPSA) is 342 Å². The van der Waals surface area contributed by atoms with Crippen molar-refractivity contribution in [2.24, 2.45) is 0 Å². The van der Waals surface area contributed by atoms with E-state index < -0.39 is 0 Å². The zero-order valence-electron chi connectivity index (χ0n) is 62.4. The molecule has 0 saturated carbocycles. The van der Waals surface area contributed by atoms with Crippen molar-refractivity contribution >= 4 is 35.0 Å². The van der Waals surface area contributed by atoms with E-state index in [9.17, 15) is 4.79 Å². The van der Waals surface area contributed by atoms with Crippen LogP contribution in [0.3, 0.4) is 0 Å². The summed E-state index contributed by atoms with van der Waals surface area (Å²) in [5, 5.41) is 27.2. The zero-order chi connectivity index (χ0) is 73.8. The Bertz CT molecular complexity index is 3480. The van der Waals surface area contributed by atoms with Gasteiger partial charge < -0.3 is 26.4 Å². The van der Waals surface area contributed by atoms with Crippen LogP contribution in [0.25, 0.3) is 0 Å². The van der Waals surface area contributed by atoms with Crippen LogP contribution in [0.15, 0.2) is 74.4 Å². The smallest absolute Gasteiger partial charge is 0.316 e. The van der Waals surface area contributed by atoms with Crippen molar-refractivity contribution in [3.8, 4) is 18.1 Å². The van der Waals surface area contributed by atoms with Gasteiger partial charge in [-0.05, 0) is 103 Å². The lowest BCUT2D eigenvalue weighted by Crippen LogP contribution is -2.34. The third-order valence-electron chi connectivity index (χ3n) is 13.3. The van der Waals surface area contributed by atoms with E-state index in [0.717, 1.165) is 94.4 Å². The van der Waals surface area contributed by atoms with Gasteiger partial charge >= 0.3 is 6.01 Å². The maximum atomic E-state index is 10.9. The van der Waals surface area contributed by atoms with Gasteiger partial charge in [-0.3, -0.25) is 4.79 Å². The van der Waals surface area contributed by atoms with Crippen LogP contribution in [0.5, 0.6) is 6.01 Å². The summed E-state index contributed by atoms with van der Waals surface area (Å²) in [5.41, 5.74) is 12.6.